The number of nitrogens with zero attached hydrogens (tertiary/aromatic N) is 5. The number of hydrogen-bond donors (Lipinski definition) is 1. The molecule has 3 heterocycles. The van der Waals surface area contributed by atoms with Gasteiger partial charge in [-0.2, -0.15) is 0 Å². The number of aromatic nitrogens is 4. The molecule has 0 saturated carbocycles. The number of likely N-dealkylation sites (N-methyl/N-ethyl adjacent to an activating group) is 1. The molecule has 6 nitrogen and oxygen atoms in total. The Morgan fingerprint density at radius 3 is 2.50 bits per heavy atom. The van der Waals surface area contributed by atoms with E-state index in [9.17, 15) is 0 Å². The largest absolute Gasteiger partial charge is 0.369 e. The molecule has 6 heteroatoms. The van der Waals surface area contributed by atoms with Gasteiger partial charge in [-0.25, -0.2) is 9.97 Å². The van der Waals surface area contributed by atoms with E-state index in [-0.39, 0.29) is 0 Å². The minimum atomic E-state index is 0.657. The lowest BCUT2D eigenvalue weighted by Gasteiger charge is -2.13. The van der Waals surface area contributed by atoms with Crippen LogP contribution in [-0.4, -0.2) is 52.0 Å². The maximum absolute atomic E-state index is 4.69. The van der Waals surface area contributed by atoms with Gasteiger partial charge in [-0.05, 0) is 38.4 Å². The van der Waals surface area contributed by atoms with Crippen LogP contribution in [0.2, 0.25) is 0 Å². The molecule has 0 aromatic carbocycles. The fraction of sp³-hybridized carbons (Fsp3) is 0.222. The van der Waals surface area contributed by atoms with Crippen LogP contribution < -0.4 is 5.32 Å². The highest BCUT2D eigenvalue weighted by Gasteiger charge is 2.09. The molecule has 24 heavy (non-hydrogen) atoms. The predicted octanol–water partition coefficient (Wildman–Crippen LogP) is 2.57. The van der Waals surface area contributed by atoms with Crippen molar-refractivity contribution >= 4 is 5.82 Å². The molecule has 0 aliphatic carbocycles. The highest BCUT2D eigenvalue weighted by molar-refractivity contribution is 5.66. The Bertz CT molecular complexity index is 716. The lowest BCUT2D eigenvalue weighted by molar-refractivity contribution is 0.425. The van der Waals surface area contributed by atoms with Crippen molar-refractivity contribution in [1.29, 1.82) is 0 Å². The molecule has 0 spiro atoms. The van der Waals surface area contributed by atoms with Crippen LogP contribution in [0.4, 0.5) is 5.82 Å². The number of anilines is 1. The van der Waals surface area contributed by atoms with Crippen LogP contribution >= 0.6 is 0 Å². The smallest absolute Gasteiger partial charge is 0.163 e. The van der Waals surface area contributed by atoms with E-state index < -0.39 is 0 Å². The molecule has 0 atom stereocenters. The van der Waals surface area contributed by atoms with Crippen molar-refractivity contribution in [3.8, 4) is 22.6 Å². The molecule has 0 amide bonds. The topological polar surface area (TPSA) is 66.8 Å². The average Bonchev–Trinajstić information content (AvgIpc) is 2.63. The van der Waals surface area contributed by atoms with Crippen LogP contribution in [0.1, 0.15) is 0 Å². The lowest BCUT2D eigenvalue weighted by atomic mass is 10.1. The Hall–Kier alpha value is -2.86. The Morgan fingerprint density at radius 1 is 0.958 bits per heavy atom. The molecule has 0 aliphatic rings. The van der Waals surface area contributed by atoms with Gasteiger partial charge in [0.15, 0.2) is 5.82 Å². The van der Waals surface area contributed by atoms with Gasteiger partial charge >= 0.3 is 0 Å². The molecule has 3 rings (SSSR count). The van der Waals surface area contributed by atoms with Crippen molar-refractivity contribution in [3.05, 3.63) is 55.1 Å². The normalized spacial score (nSPS) is 10.8. The van der Waals surface area contributed by atoms with E-state index in [0.717, 1.165) is 35.7 Å². The molecule has 0 aliphatic heterocycles. The van der Waals surface area contributed by atoms with Gasteiger partial charge in [0.25, 0.3) is 0 Å². The summed E-state index contributed by atoms with van der Waals surface area (Å²) in [4.78, 5) is 19.7. The number of pyridine rings is 2. The third-order valence-corrected chi connectivity index (χ3v) is 3.49. The van der Waals surface area contributed by atoms with Gasteiger partial charge < -0.3 is 10.2 Å². The lowest BCUT2D eigenvalue weighted by Crippen LogP contribution is -2.21. The van der Waals surface area contributed by atoms with Crippen molar-refractivity contribution in [3.63, 3.8) is 0 Å². The average molecular weight is 320 g/mol. The summed E-state index contributed by atoms with van der Waals surface area (Å²) in [6, 6.07) is 9.70. The first-order valence-corrected chi connectivity index (χ1v) is 7.81. The predicted molar refractivity (Wildman–Crippen MR) is 95.5 cm³/mol. The van der Waals surface area contributed by atoms with E-state index in [2.05, 4.69) is 30.2 Å². The summed E-state index contributed by atoms with van der Waals surface area (Å²) in [7, 11) is 4.09. The van der Waals surface area contributed by atoms with Gasteiger partial charge in [0, 0.05) is 55.1 Å². The highest BCUT2D eigenvalue weighted by Crippen LogP contribution is 2.23. The molecule has 1 N–H and O–H groups in total. The molecule has 0 bridgehead atoms. The molecule has 3 aromatic heterocycles. The van der Waals surface area contributed by atoms with E-state index in [0.29, 0.717) is 5.82 Å². The van der Waals surface area contributed by atoms with Gasteiger partial charge in [0.05, 0.1) is 5.69 Å². The van der Waals surface area contributed by atoms with E-state index in [1.165, 1.54) is 0 Å². The van der Waals surface area contributed by atoms with Crippen LogP contribution in [-0.2, 0) is 0 Å². The second kappa shape index (κ2) is 7.61. The molecule has 3 aromatic rings. The number of nitrogens with one attached hydrogen (secondary N) is 1. The van der Waals surface area contributed by atoms with Gasteiger partial charge in [0.1, 0.15) is 5.82 Å². The fourth-order valence-corrected chi connectivity index (χ4v) is 2.24. The monoisotopic (exact) mass is 320 g/mol. The first kappa shape index (κ1) is 16.0. The Morgan fingerprint density at radius 2 is 1.79 bits per heavy atom. The molecule has 122 valence electrons. The standard InChI is InChI=1S/C18H20N6/c1-24(2)11-10-21-17-12-16(14-5-8-19-9-6-14)22-18(23-17)15-4-3-7-20-13-15/h3-9,12-13H,10-11H2,1-2H3,(H,21,22,23). The van der Waals surface area contributed by atoms with Crippen molar-refractivity contribution in [2.24, 2.45) is 0 Å². The summed E-state index contributed by atoms with van der Waals surface area (Å²) >= 11 is 0. The zero-order valence-corrected chi connectivity index (χ0v) is 13.8. The summed E-state index contributed by atoms with van der Waals surface area (Å²) in [6.07, 6.45) is 7.04. The van der Waals surface area contributed by atoms with Gasteiger partial charge in [0.2, 0.25) is 0 Å². The van der Waals surface area contributed by atoms with E-state index in [1.54, 1.807) is 24.8 Å². The van der Waals surface area contributed by atoms with Crippen molar-refractivity contribution < 1.29 is 0 Å². The van der Waals surface area contributed by atoms with E-state index >= 15 is 0 Å². The summed E-state index contributed by atoms with van der Waals surface area (Å²) in [6.45, 7) is 1.74. The van der Waals surface area contributed by atoms with Crippen molar-refractivity contribution in [2.45, 2.75) is 0 Å². The fourth-order valence-electron chi connectivity index (χ4n) is 2.24. The van der Waals surface area contributed by atoms with E-state index in [1.807, 2.05) is 44.4 Å². The van der Waals surface area contributed by atoms with Crippen LogP contribution in [0.5, 0.6) is 0 Å². The molecule has 0 fully saturated rings. The zero-order chi connectivity index (χ0) is 16.8. The summed E-state index contributed by atoms with van der Waals surface area (Å²) in [5, 5.41) is 3.37. The minimum Gasteiger partial charge on any atom is -0.369 e. The summed E-state index contributed by atoms with van der Waals surface area (Å²) < 4.78 is 0. The summed E-state index contributed by atoms with van der Waals surface area (Å²) in [5.41, 5.74) is 2.76. The van der Waals surface area contributed by atoms with Gasteiger partial charge in [-0.15, -0.1) is 0 Å². The Balaban J connectivity index is 1.96. The van der Waals surface area contributed by atoms with Gasteiger partial charge in [-0.3, -0.25) is 9.97 Å². The van der Waals surface area contributed by atoms with E-state index in [4.69, 9.17) is 0 Å². The first-order valence-electron chi connectivity index (χ1n) is 7.81. The molecular weight excluding hydrogens is 300 g/mol. The van der Waals surface area contributed by atoms with Crippen LogP contribution in [0.25, 0.3) is 22.6 Å². The quantitative estimate of drug-likeness (QED) is 0.753. The third-order valence-electron chi connectivity index (χ3n) is 3.49. The Labute approximate surface area is 141 Å². The van der Waals surface area contributed by atoms with Crippen molar-refractivity contribution in [1.82, 2.24) is 24.8 Å². The van der Waals surface area contributed by atoms with Crippen molar-refractivity contribution in [2.75, 3.05) is 32.5 Å². The summed E-state index contributed by atoms with van der Waals surface area (Å²) in [5.74, 6) is 1.46. The second-order valence-electron chi connectivity index (χ2n) is 5.67. The molecular formula is C18H20N6. The Kier molecular flexibility index (Phi) is 5.08. The van der Waals surface area contributed by atoms with Crippen LogP contribution in [0, 0.1) is 0 Å². The number of hydrogen-bond acceptors (Lipinski definition) is 6. The number of rotatable bonds is 6. The maximum Gasteiger partial charge on any atom is 0.163 e. The molecule has 0 saturated heterocycles. The second-order valence-corrected chi connectivity index (χ2v) is 5.67. The minimum absolute atomic E-state index is 0.657. The third kappa shape index (κ3) is 4.11. The zero-order valence-electron chi connectivity index (χ0n) is 13.8. The SMILES string of the molecule is CN(C)CCNc1cc(-c2ccncc2)nc(-c2cccnc2)n1. The molecule has 0 unspecified atom stereocenters. The van der Waals surface area contributed by atoms with Crippen LogP contribution in [0.15, 0.2) is 55.1 Å². The first-order chi connectivity index (χ1) is 11.7. The van der Waals surface area contributed by atoms with Crippen LogP contribution in [0.3, 0.4) is 0 Å². The highest BCUT2D eigenvalue weighted by atomic mass is 15.1. The maximum atomic E-state index is 4.69. The molecule has 0 radical (unpaired) electrons. The van der Waals surface area contributed by atoms with Gasteiger partial charge in [-0.1, -0.05) is 0 Å².